The van der Waals surface area contributed by atoms with Crippen molar-refractivity contribution >= 4 is 22.5 Å². The monoisotopic (exact) mass is 514 g/mol. The van der Waals surface area contributed by atoms with Crippen molar-refractivity contribution in [2.75, 3.05) is 0 Å². The molecule has 149 valence electrons. The second-order valence-electron chi connectivity index (χ2n) is 8.00. The van der Waals surface area contributed by atoms with E-state index >= 15 is 0 Å². The zero-order chi connectivity index (χ0) is 19.3. The molecule has 3 aromatic rings. The summed E-state index contributed by atoms with van der Waals surface area (Å²) in [5, 5.41) is 2.69. The molecule has 0 saturated heterocycles. The molecule has 0 nitrogen and oxygen atoms in total. The zero-order valence-electron chi connectivity index (χ0n) is 17.2. The first kappa shape index (κ1) is 26.2. The van der Waals surface area contributed by atoms with Gasteiger partial charge in [-0.15, -0.1) is 40.1 Å². The summed E-state index contributed by atoms with van der Waals surface area (Å²) in [4.78, 5) is 0. The van der Waals surface area contributed by atoms with Crippen LogP contribution >= 0.6 is 0 Å². The predicted molar refractivity (Wildman–Crippen MR) is 116 cm³/mol. The quantitative estimate of drug-likeness (QED) is 0.355. The van der Waals surface area contributed by atoms with E-state index in [1.807, 2.05) is 0 Å². The van der Waals surface area contributed by atoms with Crippen LogP contribution in [0.3, 0.4) is 0 Å². The number of hydrogen-bond donors (Lipinski definition) is 0. The van der Waals surface area contributed by atoms with Crippen molar-refractivity contribution in [3.05, 3.63) is 95.6 Å². The van der Waals surface area contributed by atoms with Crippen molar-refractivity contribution in [2.45, 2.75) is 33.2 Å². The Morgan fingerprint density at radius 1 is 0.966 bits per heavy atom. The Hall–Kier alpha value is -0.790. The molecular formula is C25H26Cl2SiZr-. The van der Waals surface area contributed by atoms with Gasteiger partial charge in [-0.3, -0.25) is 0 Å². The molecule has 0 spiro atoms. The molecule has 0 aliphatic heterocycles. The third-order valence-corrected chi connectivity index (χ3v) is 6.75. The van der Waals surface area contributed by atoms with Gasteiger partial charge in [0, 0.05) is 0 Å². The summed E-state index contributed by atoms with van der Waals surface area (Å²) in [6.45, 7) is 6.83. The van der Waals surface area contributed by atoms with Crippen molar-refractivity contribution in [2.24, 2.45) is 5.41 Å². The van der Waals surface area contributed by atoms with Crippen LogP contribution in [0, 0.1) is 5.41 Å². The van der Waals surface area contributed by atoms with Gasteiger partial charge < -0.3 is 24.8 Å². The fourth-order valence-corrected chi connectivity index (χ4v) is 5.23. The molecule has 0 atom stereocenters. The molecule has 4 rings (SSSR count). The van der Waals surface area contributed by atoms with Gasteiger partial charge in [-0.1, -0.05) is 56.7 Å². The molecule has 0 amide bonds. The van der Waals surface area contributed by atoms with Crippen LogP contribution in [-0.4, -0.2) is 6.16 Å². The van der Waals surface area contributed by atoms with Crippen LogP contribution in [0.15, 0.2) is 84.5 Å². The molecule has 4 heteroatoms. The first-order valence-electron chi connectivity index (χ1n) is 9.48. The Morgan fingerprint density at radius 2 is 1.62 bits per heavy atom. The van der Waals surface area contributed by atoms with E-state index in [1.54, 1.807) is 23.3 Å². The molecule has 1 aliphatic carbocycles. The van der Waals surface area contributed by atoms with Crippen molar-refractivity contribution in [3.8, 4) is 0 Å². The Bertz CT molecular complexity index is 946. The Kier molecular flexibility index (Phi) is 11.0. The van der Waals surface area contributed by atoms with Gasteiger partial charge in [-0.25, -0.2) is 0 Å². The molecule has 29 heavy (non-hydrogen) atoms. The second-order valence-corrected chi connectivity index (χ2v) is 11.3. The number of fused-ring (bicyclic) bond motifs is 1. The molecule has 0 saturated carbocycles. The van der Waals surface area contributed by atoms with E-state index in [0.29, 0.717) is 0 Å². The SMILES string of the molecule is CC(C)(C)C1=CCC(c2cc3ccccc3[cH-]2)=C1.[Cl-].[Cl-].[Zr+2]=[Si]Cc1ccccc1. The molecule has 1 radical (unpaired) electrons. The van der Waals surface area contributed by atoms with Crippen LogP contribution in [-0.2, 0) is 29.4 Å². The normalized spacial score (nSPS) is 12.7. The van der Waals surface area contributed by atoms with E-state index in [9.17, 15) is 0 Å². The number of benzene rings is 2. The first-order chi connectivity index (χ1) is 13.0. The summed E-state index contributed by atoms with van der Waals surface area (Å²) >= 11 is 1.66. The number of allylic oxidation sites excluding steroid dienone is 4. The maximum atomic E-state index is 2.37. The van der Waals surface area contributed by atoms with E-state index < -0.39 is 0 Å². The van der Waals surface area contributed by atoms with Crippen LogP contribution in [0.25, 0.3) is 16.3 Å². The van der Waals surface area contributed by atoms with Gasteiger partial charge in [0.25, 0.3) is 0 Å². The third kappa shape index (κ3) is 7.44. The Morgan fingerprint density at radius 3 is 2.21 bits per heavy atom. The van der Waals surface area contributed by atoms with Gasteiger partial charge in [-0.05, 0) is 11.8 Å². The van der Waals surface area contributed by atoms with Crippen molar-refractivity contribution < 1.29 is 48.1 Å². The summed E-state index contributed by atoms with van der Waals surface area (Å²) in [5.74, 6) is 0. The number of halogens is 2. The summed E-state index contributed by atoms with van der Waals surface area (Å²) in [6.07, 6.45) is 6.93. The van der Waals surface area contributed by atoms with E-state index in [-0.39, 0.29) is 30.2 Å². The Balaban J connectivity index is 0.000000329. The fraction of sp³-hybridized carbons (Fsp3) is 0.240. The Labute approximate surface area is 203 Å². The van der Waals surface area contributed by atoms with Gasteiger partial charge >= 0.3 is 71.4 Å². The van der Waals surface area contributed by atoms with E-state index in [4.69, 9.17) is 0 Å². The minimum atomic E-state index is 0. The van der Waals surface area contributed by atoms with Crippen LogP contribution in [0.1, 0.15) is 38.3 Å². The minimum absolute atomic E-state index is 0. The third-order valence-electron chi connectivity index (χ3n) is 4.86. The predicted octanol–water partition coefficient (Wildman–Crippen LogP) is 0.679. The van der Waals surface area contributed by atoms with E-state index in [0.717, 1.165) is 12.6 Å². The number of hydrogen-bond acceptors (Lipinski definition) is 0. The van der Waals surface area contributed by atoms with Crippen molar-refractivity contribution in [1.82, 2.24) is 0 Å². The van der Waals surface area contributed by atoms with Crippen LogP contribution < -0.4 is 24.8 Å². The van der Waals surface area contributed by atoms with Gasteiger partial charge in [0.05, 0.1) is 0 Å². The molecule has 0 aromatic heterocycles. The standard InChI is InChI=1S/C18H19.C7H7Si.2ClH.Zr/c1-18(2,3)17-9-8-15(12-17)16-10-13-6-4-5-7-14(13)11-16;8-6-7-4-2-1-3-5-7;;;/h4-7,9-12H,8H2,1-3H3;1-5H,6H2;2*1H;/q-1;;;;+2/p-2. The maximum absolute atomic E-state index is 2.37. The van der Waals surface area contributed by atoms with Crippen molar-refractivity contribution in [3.63, 3.8) is 0 Å². The first-order valence-corrected chi connectivity index (χ1v) is 14.4. The van der Waals surface area contributed by atoms with Gasteiger partial charge in [0.1, 0.15) is 0 Å². The molecule has 0 bridgehead atoms. The van der Waals surface area contributed by atoms with Gasteiger partial charge in [0.15, 0.2) is 0 Å². The molecule has 1 aliphatic rings. The number of rotatable bonds is 3. The molecule has 0 unspecified atom stereocenters. The average Bonchev–Trinajstić information content (AvgIpc) is 3.30. The van der Waals surface area contributed by atoms with Crippen molar-refractivity contribution in [1.29, 1.82) is 0 Å². The van der Waals surface area contributed by atoms with Gasteiger partial charge in [-0.2, -0.15) is 0 Å². The molecule has 0 fully saturated rings. The summed E-state index contributed by atoms with van der Waals surface area (Å²) in [5.41, 5.74) is 6.03. The average molecular weight is 517 g/mol. The summed E-state index contributed by atoms with van der Waals surface area (Å²) in [7, 11) is 0. The summed E-state index contributed by atoms with van der Waals surface area (Å²) < 4.78 is 0. The van der Waals surface area contributed by atoms with Crippen LogP contribution in [0.2, 0.25) is 0 Å². The molecule has 0 heterocycles. The van der Waals surface area contributed by atoms with Gasteiger partial charge in [0.2, 0.25) is 0 Å². The fourth-order valence-electron chi connectivity index (χ4n) is 3.28. The topological polar surface area (TPSA) is 0 Å². The second kappa shape index (κ2) is 12.2. The van der Waals surface area contributed by atoms with Crippen LogP contribution in [0.4, 0.5) is 0 Å². The molecular weight excluding hydrogens is 490 g/mol. The molecule has 0 N–H and O–H groups in total. The molecule has 3 aromatic carbocycles. The zero-order valence-corrected chi connectivity index (χ0v) is 22.1. The van der Waals surface area contributed by atoms with E-state index in [1.165, 1.54) is 39.1 Å². The van der Waals surface area contributed by atoms with Crippen LogP contribution in [0.5, 0.6) is 0 Å². The van der Waals surface area contributed by atoms with E-state index in [2.05, 4.69) is 99.7 Å². The summed E-state index contributed by atoms with van der Waals surface area (Å²) in [6, 6.07) is 25.1.